The van der Waals surface area contributed by atoms with Crippen LogP contribution >= 0.6 is 0 Å². The average Bonchev–Trinajstić information content (AvgIpc) is 3.37. The molecule has 0 saturated carbocycles. The van der Waals surface area contributed by atoms with E-state index in [4.69, 9.17) is 4.98 Å². The number of likely N-dealkylation sites (tertiary alicyclic amines) is 1. The first-order chi connectivity index (χ1) is 17.6. The first kappa shape index (κ1) is 24.6. The first-order valence-electron chi connectivity index (χ1n) is 13.4. The van der Waals surface area contributed by atoms with Gasteiger partial charge < -0.3 is 25.5 Å². The lowest BCUT2D eigenvalue weighted by Gasteiger charge is -2.40. The van der Waals surface area contributed by atoms with E-state index in [2.05, 4.69) is 32.6 Å². The van der Waals surface area contributed by atoms with Gasteiger partial charge in [-0.05, 0) is 74.6 Å². The van der Waals surface area contributed by atoms with Crippen LogP contribution in [0.15, 0.2) is 42.5 Å². The molecular formula is C28H37N5O3. The number of carbonyl (C=O) groups is 2. The molecule has 0 radical (unpaired) electrons. The molecule has 2 aromatic rings. The third kappa shape index (κ3) is 5.81. The number of anilines is 2. The maximum absolute atomic E-state index is 13.0. The summed E-state index contributed by atoms with van der Waals surface area (Å²) < 4.78 is 0. The maximum Gasteiger partial charge on any atom is 0.326 e. The molecule has 1 amide bonds. The molecule has 0 spiro atoms. The van der Waals surface area contributed by atoms with Crippen molar-refractivity contribution in [1.82, 2.24) is 15.2 Å². The summed E-state index contributed by atoms with van der Waals surface area (Å²) in [6, 6.07) is 13.1. The van der Waals surface area contributed by atoms with E-state index in [9.17, 15) is 14.7 Å². The number of aryl methyl sites for hydroxylation is 2. The van der Waals surface area contributed by atoms with Crippen molar-refractivity contribution < 1.29 is 14.7 Å². The SMILES string of the molecule is O=C(O)[C@H](CCN1CC(CCc2ccc3c(n2)NCCC3)C1)NC(=O)[C@@H]1CCCN1c1ccccc1. The smallest absolute Gasteiger partial charge is 0.326 e. The summed E-state index contributed by atoms with van der Waals surface area (Å²) >= 11 is 0. The molecule has 3 N–H and O–H groups in total. The van der Waals surface area contributed by atoms with Crippen molar-refractivity contribution in [2.45, 2.75) is 57.0 Å². The van der Waals surface area contributed by atoms with Crippen LogP contribution in [0.1, 0.15) is 43.4 Å². The predicted octanol–water partition coefficient (Wildman–Crippen LogP) is 2.93. The van der Waals surface area contributed by atoms with E-state index in [1.165, 1.54) is 12.0 Å². The molecule has 0 bridgehead atoms. The highest BCUT2D eigenvalue weighted by molar-refractivity contribution is 5.89. The standard InChI is InChI=1S/C28H37N5O3/c34-27(25-9-5-16-33(25)23-7-2-1-3-8-23)31-24(28(35)36)14-17-32-18-20(19-32)10-12-22-13-11-21-6-4-15-29-26(21)30-22/h1-3,7-8,11,13,20,24-25H,4-6,9-10,12,14-19H2,(H,29,30)(H,31,34)(H,35,36)/t24-,25-/m0/s1. The number of hydrogen-bond donors (Lipinski definition) is 3. The van der Waals surface area contributed by atoms with Crippen molar-refractivity contribution in [1.29, 1.82) is 0 Å². The van der Waals surface area contributed by atoms with Gasteiger partial charge in [-0.25, -0.2) is 9.78 Å². The Labute approximate surface area is 213 Å². The van der Waals surface area contributed by atoms with Crippen LogP contribution < -0.4 is 15.5 Å². The molecule has 2 atom stereocenters. The zero-order chi connectivity index (χ0) is 24.9. The minimum atomic E-state index is -0.961. The number of carboxylic acid groups (broad SMARTS) is 1. The van der Waals surface area contributed by atoms with E-state index >= 15 is 0 Å². The van der Waals surface area contributed by atoms with Crippen molar-refractivity contribution >= 4 is 23.4 Å². The minimum Gasteiger partial charge on any atom is -0.480 e. The van der Waals surface area contributed by atoms with Crippen molar-refractivity contribution in [3.05, 3.63) is 53.7 Å². The van der Waals surface area contributed by atoms with Crippen molar-refractivity contribution in [2.75, 3.05) is 42.9 Å². The third-order valence-electron chi connectivity index (χ3n) is 7.79. The summed E-state index contributed by atoms with van der Waals surface area (Å²) in [5, 5.41) is 16.0. The monoisotopic (exact) mass is 491 g/mol. The van der Waals surface area contributed by atoms with Gasteiger partial charge in [0.15, 0.2) is 0 Å². The van der Waals surface area contributed by atoms with Gasteiger partial charge in [-0.3, -0.25) is 4.79 Å². The zero-order valence-electron chi connectivity index (χ0n) is 20.9. The highest BCUT2D eigenvalue weighted by atomic mass is 16.4. The first-order valence-corrected chi connectivity index (χ1v) is 13.4. The Morgan fingerprint density at radius 1 is 1.14 bits per heavy atom. The van der Waals surface area contributed by atoms with Crippen LogP contribution in [-0.2, 0) is 22.4 Å². The molecule has 3 aliphatic heterocycles. The lowest BCUT2D eigenvalue weighted by molar-refractivity contribution is -0.142. The second kappa shape index (κ2) is 11.3. The normalized spacial score (nSPS) is 20.8. The van der Waals surface area contributed by atoms with E-state index in [-0.39, 0.29) is 11.9 Å². The van der Waals surface area contributed by atoms with Gasteiger partial charge in [0, 0.05) is 44.1 Å². The quantitative estimate of drug-likeness (QED) is 0.470. The summed E-state index contributed by atoms with van der Waals surface area (Å²) in [6.45, 7) is 4.46. The Balaban J connectivity index is 1.05. The molecule has 0 unspecified atom stereocenters. The van der Waals surface area contributed by atoms with Gasteiger partial charge in [0.05, 0.1) is 0 Å². The predicted molar refractivity (Wildman–Crippen MR) is 140 cm³/mol. The Morgan fingerprint density at radius 3 is 2.78 bits per heavy atom. The number of amides is 1. The molecule has 2 saturated heterocycles. The maximum atomic E-state index is 13.0. The molecule has 5 rings (SSSR count). The molecule has 8 nitrogen and oxygen atoms in total. The van der Waals surface area contributed by atoms with E-state index in [0.29, 0.717) is 18.9 Å². The summed E-state index contributed by atoms with van der Waals surface area (Å²) in [5.74, 6) is 0.529. The van der Waals surface area contributed by atoms with E-state index < -0.39 is 12.0 Å². The van der Waals surface area contributed by atoms with Gasteiger partial charge in [-0.15, -0.1) is 0 Å². The van der Waals surface area contributed by atoms with Crippen LogP contribution in [0.4, 0.5) is 11.5 Å². The number of rotatable bonds is 10. The molecule has 36 heavy (non-hydrogen) atoms. The molecule has 0 aliphatic carbocycles. The van der Waals surface area contributed by atoms with Crippen molar-refractivity contribution in [3.8, 4) is 0 Å². The van der Waals surface area contributed by atoms with E-state index in [1.807, 2.05) is 30.3 Å². The number of pyridine rings is 1. The Bertz CT molecular complexity index is 1060. The Kier molecular flexibility index (Phi) is 7.70. The lowest BCUT2D eigenvalue weighted by Crippen LogP contribution is -2.52. The minimum absolute atomic E-state index is 0.183. The number of nitrogens with zero attached hydrogens (tertiary/aromatic N) is 3. The topological polar surface area (TPSA) is 97.8 Å². The number of hydrogen-bond acceptors (Lipinski definition) is 6. The van der Waals surface area contributed by atoms with Crippen molar-refractivity contribution in [2.24, 2.45) is 5.92 Å². The molecule has 8 heteroatoms. The number of aromatic nitrogens is 1. The highest BCUT2D eigenvalue weighted by Gasteiger charge is 2.34. The average molecular weight is 492 g/mol. The fourth-order valence-corrected chi connectivity index (χ4v) is 5.71. The lowest BCUT2D eigenvalue weighted by atomic mass is 9.93. The van der Waals surface area contributed by atoms with Gasteiger partial charge in [-0.1, -0.05) is 24.3 Å². The summed E-state index contributed by atoms with van der Waals surface area (Å²) in [4.78, 5) is 34.1. The molecular weight excluding hydrogens is 454 g/mol. The fourth-order valence-electron chi connectivity index (χ4n) is 5.71. The van der Waals surface area contributed by atoms with Crippen LogP contribution in [0.2, 0.25) is 0 Å². The third-order valence-corrected chi connectivity index (χ3v) is 7.79. The van der Waals surface area contributed by atoms with Crippen LogP contribution in [-0.4, -0.2) is 71.7 Å². The Morgan fingerprint density at radius 2 is 1.97 bits per heavy atom. The number of aliphatic carboxylic acids is 1. The summed E-state index contributed by atoms with van der Waals surface area (Å²) in [6.07, 6.45) is 6.44. The number of carboxylic acids is 1. The van der Waals surface area contributed by atoms with Crippen LogP contribution in [0.3, 0.4) is 0 Å². The number of para-hydroxylation sites is 1. The molecule has 1 aromatic heterocycles. The van der Waals surface area contributed by atoms with Gasteiger partial charge in [0.1, 0.15) is 17.9 Å². The van der Waals surface area contributed by atoms with Crippen LogP contribution in [0, 0.1) is 5.92 Å². The molecule has 1 aromatic carbocycles. The summed E-state index contributed by atoms with van der Waals surface area (Å²) in [7, 11) is 0. The second-order valence-corrected chi connectivity index (χ2v) is 10.4. The molecule has 4 heterocycles. The molecule has 192 valence electrons. The van der Waals surface area contributed by atoms with Gasteiger partial charge in [0.2, 0.25) is 5.91 Å². The van der Waals surface area contributed by atoms with Crippen molar-refractivity contribution in [3.63, 3.8) is 0 Å². The van der Waals surface area contributed by atoms with Gasteiger partial charge in [0.25, 0.3) is 0 Å². The second-order valence-electron chi connectivity index (χ2n) is 10.4. The number of carbonyl (C=O) groups excluding carboxylic acids is 1. The number of fused-ring (bicyclic) bond motifs is 1. The van der Waals surface area contributed by atoms with E-state index in [0.717, 1.165) is 75.5 Å². The number of nitrogens with one attached hydrogen (secondary N) is 2. The molecule has 2 fully saturated rings. The largest absolute Gasteiger partial charge is 0.480 e. The number of benzene rings is 1. The highest BCUT2D eigenvalue weighted by Crippen LogP contribution is 2.26. The molecule has 3 aliphatic rings. The van der Waals surface area contributed by atoms with Crippen LogP contribution in [0.5, 0.6) is 0 Å². The summed E-state index contributed by atoms with van der Waals surface area (Å²) in [5.41, 5.74) is 3.47. The van der Waals surface area contributed by atoms with Gasteiger partial charge >= 0.3 is 5.97 Å². The fraction of sp³-hybridized carbons (Fsp3) is 0.536. The zero-order valence-corrected chi connectivity index (χ0v) is 20.9. The van der Waals surface area contributed by atoms with Gasteiger partial charge in [-0.2, -0.15) is 0 Å². The van der Waals surface area contributed by atoms with E-state index in [1.54, 1.807) is 0 Å². The van der Waals surface area contributed by atoms with Crippen LogP contribution in [0.25, 0.3) is 0 Å². The Hall–Kier alpha value is -3.13.